The Morgan fingerprint density at radius 1 is 1.16 bits per heavy atom. The van der Waals surface area contributed by atoms with Gasteiger partial charge in [-0.1, -0.05) is 49.6 Å². The van der Waals surface area contributed by atoms with E-state index < -0.39 is 0 Å². The van der Waals surface area contributed by atoms with Crippen LogP contribution in [0.25, 0.3) is 11.1 Å². The zero-order valence-corrected chi connectivity index (χ0v) is 15.3. The molecule has 2 heterocycles. The van der Waals surface area contributed by atoms with Crippen molar-refractivity contribution < 1.29 is 9.21 Å². The van der Waals surface area contributed by atoms with E-state index in [1.807, 2.05) is 19.1 Å². The van der Waals surface area contributed by atoms with Gasteiger partial charge in [-0.05, 0) is 25.8 Å². The van der Waals surface area contributed by atoms with Crippen LogP contribution in [-0.4, -0.2) is 17.0 Å². The number of rotatable bonds is 7. The van der Waals surface area contributed by atoms with E-state index in [1.54, 1.807) is 0 Å². The van der Waals surface area contributed by atoms with Crippen LogP contribution in [0, 0.1) is 13.8 Å². The molecule has 0 aliphatic heterocycles. The molecule has 1 aromatic carbocycles. The number of benzene rings is 1. The smallest absolute Gasteiger partial charge is 0.268 e. The highest BCUT2D eigenvalue weighted by Crippen LogP contribution is 2.25. The summed E-state index contributed by atoms with van der Waals surface area (Å²) in [5.74, 6) is 0.825. The zero-order valence-electron chi connectivity index (χ0n) is 15.3. The quantitative estimate of drug-likeness (QED) is 0.628. The predicted octanol–water partition coefficient (Wildman–Crippen LogP) is 4.82. The number of unbranched alkanes of at least 4 members (excludes halogenated alkanes) is 2. The Morgan fingerprint density at radius 3 is 2.76 bits per heavy atom. The van der Waals surface area contributed by atoms with E-state index in [-0.39, 0.29) is 5.91 Å². The molecule has 0 aliphatic carbocycles. The lowest BCUT2D eigenvalue weighted by Gasteiger charge is -2.11. The number of amides is 1. The van der Waals surface area contributed by atoms with Crippen molar-refractivity contribution in [3.8, 4) is 0 Å². The maximum Gasteiger partial charge on any atom is 0.268 e. The first-order valence-electron chi connectivity index (χ1n) is 9.02. The lowest BCUT2D eigenvalue weighted by molar-refractivity contribution is 0.0944. The minimum Gasteiger partial charge on any atom is -0.460 e. The number of hydrogen-bond donors (Lipinski definition) is 1. The Balaban J connectivity index is 1.89. The number of aryl methyl sites for hydroxylation is 2. The molecule has 0 unspecified atom stereocenters. The van der Waals surface area contributed by atoms with Gasteiger partial charge in [-0.25, -0.2) is 0 Å². The molecule has 1 N–H and O–H groups in total. The Kier molecular flexibility index (Phi) is 5.27. The third-order valence-corrected chi connectivity index (χ3v) is 4.43. The summed E-state index contributed by atoms with van der Waals surface area (Å²) in [6.07, 6.45) is 3.29. The van der Waals surface area contributed by atoms with Crippen LogP contribution in [0.2, 0.25) is 0 Å². The predicted molar refractivity (Wildman–Crippen MR) is 101 cm³/mol. The van der Waals surface area contributed by atoms with Gasteiger partial charge < -0.3 is 14.3 Å². The average Bonchev–Trinajstić information content (AvgIpc) is 3.09. The first-order valence-corrected chi connectivity index (χ1v) is 9.02. The molecule has 132 valence electrons. The van der Waals surface area contributed by atoms with E-state index in [1.165, 1.54) is 11.1 Å². The van der Waals surface area contributed by atoms with E-state index in [2.05, 4.69) is 48.0 Å². The minimum atomic E-state index is -0.0344. The Labute approximate surface area is 148 Å². The van der Waals surface area contributed by atoms with Gasteiger partial charge in [0.15, 0.2) is 5.58 Å². The van der Waals surface area contributed by atoms with Gasteiger partial charge in [0.25, 0.3) is 5.91 Å². The second kappa shape index (κ2) is 7.60. The summed E-state index contributed by atoms with van der Waals surface area (Å²) in [4.78, 5) is 12.7. The average molecular weight is 338 g/mol. The monoisotopic (exact) mass is 338 g/mol. The number of furan rings is 1. The standard InChI is InChI=1S/C21H26N2O2/c1-4-5-6-10-22-21(24)19-13-20-18(12-16(3)25-20)23(19)14-17-9-7-8-15(2)11-17/h7-9,11-13H,4-6,10,14H2,1-3H3,(H,22,24). The van der Waals surface area contributed by atoms with Crippen molar-refractivity contribution in [2.24, 2.45) is 0 Å². The molecule has 0 aliphatic rings. The summed E-state index contributed by atoms with van der Waals surface area (Å²) in [7, 11) is 0. The summed E-state index contributed by atoms with van der Waals surface area (Å²) < 4.78 is 7.79. The number of nitrogens with one attached hydrogen (secondary N) is 1. The van der Waals surface area contributed by atoms with Crippen molar-refractivity contribution >= 4 is 17.0 Å². The van der Waals surface area contributed by atoms with Crippen LogP contribution < -0.4 is 5.32 Å². The van der Waals surface area contributed by atoms with Crippen LogP contribution in [-0.2, 0) is 6.54 Å². The van der Waals surface area contributed by atoms with Crippen molar-refractivity contribution in [2.45, 2.75) is 46.6 Å². The van der Waals surface area contributed by atoms with Crippen molar-refractivity contribution in [2.75, 3.05) is 6.54 Å². The molecule has 0 radical (unpaired) electrons. The Bertz CT molecular complexity index is 873. The third-order valence-electron chi connectivity index (χ3n) is 4.43. The SMILES string of the molecule is CCCCCNC(=O)c1cc2oc(C)cc2n1Cc1cccc(C)c1. The first-order chi connectivity index (χ1) is 12.1. The normalized spacial score (nSPS) is 11.2. The van der Waals surface area contributed by atoms with Crippen LogP contribution in [0.5, 0.6) is 0 Å². The molecule has 4 heteroatoms. The minimum absolute atomic E-state index is 0.0344. The summed E-state index contributed by atoms with van der Waals surface area (Å²) in [5.41, 5.74) is 4.79. The van der Waals surface area contributed by atoms with Crippen LogP contribution >= 0.6 is 0 Å². The molecule has 0 fully saturated rings. The molecule has 0 atom stereocenters. The second-order valence-corrected chi connectivity index (χ2v) is 6.67. The van der Waals surface area contributed by atoms with Crippen molar-refractivity contribution in [1.29, 1.82) is 0 Å². The van der Waals surface area contributed by atoms with Crippen LogP contribution in [0.15, 0.2) is 40.8 Å². The Hall–Kier alpha value is -2.49. The number of fused-ring (bicyclic) bond motifs is 1. The molecule has 0 bridgehead atoms. The number of nitrogens with zero attached hydrogens (tertiary/aromatic N) is 1. The van der Waals surface area contributed by atoms with Crippen LogP contribution in [0.1, 0.15) is 53.6 Å². The number of carbonyl (C=O) groups is 1. The van der Waals surface area contributed by atoms with Crippen LogP contribution in [0.3, 0.4) is 0 Å². The van der Waals surface area contributed by atoms with Crippen LogP contribution in [0.4, 0.5) is 0 Å². The number of aromatic nitrogens is 1. The highest BCUT2D eigenvalue weighted by molar-refractivity contribution is 5.97. The molecular formula is C21H26N2O2. The van der Waals surface area contributed by atoms with E-state index >= 15 is 0 Å². The topological polar surface area (TPSA) is 47.2 Å². The summed E-state index contributed by atoms with van der Waals surface area (Å²) in [6, 6.07) is 12.2. The van der Waals surface area contributed by atoms with Gasteiger partial charge in [0, 0.05) is 25.2 Å². The van der Waals surface area contributed by atoms with E-state index in [9.17, 15) is 4.79 Å². The highest BCUT2D eigenvalue weighted by atomic mass is 16.3. The molecule has 3 rings (SSSR count). The largest absolute Gasteiger partial charge is 0.460 e. The molecule has 2 aromatic heterocycles. The van der Waals surface area contributed by atoms with Gasteiger partial charge in [0.2, 0.25) is 0 Å². The molecule has 0 saturated carbocycles. The van der Waals surface area contributed by atoms with Gasteiger partial charge in [-0.3, -0.25) is 4.79 Å². The lowest BCUT2D eigenvalue weighted by Crippen LogP contribution is -2.27. The first kappa shape index (κ1) is 17.3. The number of carbonyl (C=O) groups excluding carboxylic acids is 1. The molecule has 1 amide bonds. The maximum atomic E-state index is 12.7. The van der Waals surface area contributed by atoms with Gasteiger partial charge in [-0.15, -0.1) is 0 Å². The van der Waals surface area contributed by atoms with Gasteiger partial charge in [0.1, 0.15) is 11.5 Å². The Morgan fingerprint density at radius 2 is 2.00 bits per heavy atom. The molecular weight excluding hydrogens is 312 g/mol. The van der Waals surface area contributed by atoms with Crippen molar-refractivity contribution in [1.82, 2.24) is 9.88 Å². The maximum absolute atomic E-state index is 12.7. The third kappa shape index (κ3) is 3.95. The van der Waals surface area contributed by atoms with Crippen molar-refractivity contribution in [3.05, 3.63) is 59.0 Å². The number of hydrogen-bond acceptors (Lipinski definition) is 2. The summed E-state index contributed by atoms with van der Waals surface area (Å²) in [5, 5.41) is 3.04. The van der Waals surface area contributed by atoms with Gasteiger partial charge >= 0.3 is 0 Å². The van der Waals surface area contributed by atoms with Gasteiger partial charge in [0.05, 0.1) is 5.52 Å². The van der Waals surface area contributed by atoms with Crippen molar-refractivity contribution in [3.63, 3.8) is 0 Å². The van der Waals surface area contributed by atoms with Gasteiger partial charge in [-0.2, -0.15) is 0 Å². The summed E-state index contributed by atoms with van der Waals surface area (Å²) >= 11 is 0. The fourth-order valence-electron chi connectivity index (χ4n) is 3.18. The van der Waals surface area contributed by atoms with E-state index in [0.29, 0.717) is 18.8 Å². The fraction of sp³-hybridized carbons (Fsp3) is 0.381. The second-order valence-electron chi connectivity index (χ2n) is 6.67. The molecule has 25 heavy (non-hydrogen) atoms. The van der Waals surface area contributed by atoms with E-state index in [0.717, 1.165) is 36.1 Å². The molecule has 0 spiro atoms. The molecule has 3 aromatic rings. The molecule has 0 saturated heterocycles. The highest BCUT2D eigenvalue weighted by Gasteiger charge is 2.18. The van der Waals surface area contributed by atoms with E-state index in [4.69, 9.17) is 4.42 Å². The fourth-order valence-corrected chi connectivity index (χ4v) is 3.18. The zero-order chi connectivity index (χ0) is 17.8. The lowest BCUT2D eigenvalue weighted by atomic mass is 10.1. The molecule has 4 nitrogen and oxygen atoms in total. The summed E-state index contributed by atoms with van der Waals surface area (Å²) in [6.45, 7) is 7.54.